The summed E-state index contributed by atoms with van der Waals surface area (Å²) in [5, 5.41) is 12.5. The van der Waals surface area contributed by atoms with Gasteiger partial charge in [0.05, 0.1) is 18.2 Å². The minimum absolute atomic E-state index is 0.105. The van der Waals surface area contributed by atoms with Crippen molar-refractivity contribution < 1.29 is 27.8 Å². The molecule has 0 saturated carbocycles. The number of nitrogens with zero attached hydrogens (tertiary/aromatic N) is 1. The van der Waals surface area contributed by atoms with Crippen molar-refractivity contribution in [3.8, 4) is 5.75 Å². The minimum atomic E-state index is -4.38. The second kappa shape index (κ2) is 7.74. The van der Waals surface area contributed by atoms with Gasteiger partial charge in [0.2, 0.25) is 0 Å². The topological polar surface area (TPSA) is 61.8 Å². The Morgan fingerprint density at radius 2 is 1.83 bits per heavy atom. The molecule has 1 unspecified atom stereocenters. The molecule has 0 heterocycles. The lowest BCUT2D eigenvalue weighted by atomic mass is 10.1. The molecule has 0 aliphatic heterocycles. The standard InChI is InChI=1S/C16H23F3N2O3/c1-11(20-14(22)21(4)9-15(2,3)23)12-5-7-13(8-6-12)24-10-16(17,18)19/h5-8,11,23H,9-10H2,1-4H3,(H,20,22). The molecule has 2 amide bonds. The third kappa shape index (κ3) is 7.54. The van der Waals surface area contributed by atoms with E-state index in [0.29, 0.717) is 0 Å². The van der Waals surface area contributed by atoms with Gasteiger partial charge >= 0.3 is 12.2 Å². The van der Waals surface area contributed by atoms with Crippen molar-refractivity contribution in [1.29, 1.82) is 0 Å². The minimum Gasteiger partial charge on any atom is -0.484 e. The van der Waals surface area contributed by atoms with Gasteiger partial charge in [-0.2, -0.15) is 13.2 Å². The Bertz CT molecular complexity index is 539. The molecule has 1 atom stereocenters. The molecular weight excluding hydrogens is 325 g/mol. The largest absolute Gasteiger partial charge is 0.484 e. The van der Waals surface area contributed by atoms with E-state index in [1.807, 2.05) is 0 Å². The number of amides is 2. The maximum Gasteiger partial charge on any atom is 0.422 e. The van der Waals surface area contributed by atoms with Crippen molar-refractivity contribution in [2.75, 3.05) is 20.2 Å². The number of urea groups is 1. The van der Waals surface area contributed by atoms with Crippen molar-refractivity contribution in [3.05, 3.63) is 29.8 Å². The van der Waals surface area contributed by atoms with E-state index in [0.717, 1.165) is 5.56 Å². The van der Waals surface area contributed by atoms with Crippen molar-refractivity contribution >= 4 is 6.03 Å². The van der Waals surface area contributed by atoms with Crippen LogP contribution in [-0.4, -0.2) is 48.0 Å². The van der Waals surface area contributed by atoms with E-state index in [9.17, 15) is 23.1 Å². The summed E-state index contributed by atoms with van der Waals surface area (Å²) in [6.07, 6.45) is -4.38. The predicted molar refractivity (Wildman–Crippen MR) is 83.9 cm³/mol. The SMILES string of the molecule is CC(NC(=O)N(C)CC(C)(C)O)c1ccc(OCC(F)(F)F)cc1. The van der Waals surface area contributed by atoms with Crippen LogP contribution in [0.1, 0.15) is 32.4 Å². The van der Waals surface area contributed by atoms with E-state index in [-0.39, 0.29) is 24.4 Å². The number of rotatable bonds is 6. The van der Waals surface area contributed by atoms with Gasteiger partial charge in [-0.3, -0.25) is 0 Å². The number of carbonyl (C=O) groups is 1. The first-order valence-corrected chi connectivity index (χ1v) is 7.41. The fourth-order valence-electron chi connectivity index (χ4n) is 2.05. The zero-order chi connectivity index (χ0) is 18.5. The molecule has 24 heavy (non-hydrogen) atoms. The number of hydrogen-bond acceptors (Lipinski definition) is 3. The molecule has 0 aliphatic rings. The van der Waals surface area contributed by atoms with E-state index in [1.165, 1.54) is 17.0 Å². The van der Waals surface area contributed by atoms with Gasteiger partial charge in [-0.25, -0.2) is 4.79 Å². The maximum absolute atomic E-state index is 12.1. The molecule has 136 valence electrons. The molecule has 0 aliphatic carbocycles. The monoisotopic (exact) mass is 348 g/mol. The van der Waals surface area contributed by atoms with Crippen molar-refractivity contribution in [2.24, 2.45) is 0 Å². The van der Waals surface area contributed by atoms with Crippen LogP contribution in [-0.2, 0) is 0 Å². The lowest BCUT2D eigenvalue weighted by Gasteiger charge is -2.27. The number of nitrogens with one attached hydrogen (secondary N) is 1. The quantitative estimate of drug-likeness (QED) is 0.830. The summed E-state index contributed by atoms with van der Waals surface area (Å²) < 4.78 is 40.9. The average molecular weight is 348 g/mol. The van der Waals surface area contributed by atoms with Gasteiger partial charge < -0.3 is 20.1 Å². The third-order valence-corrected chi connectivity index (χ3v) is 3.09. The summed E-state index contributed by atoms with van der Waals surface area (Å²) in [5.41, 5.74) is -0.286. The highest BCUT2D eigenvalue weighted by atomic mass is 19.4. The van der Waals surface area contributed by atoms with E-state index < -0.39 is 18.4 Å². The lowest BCUT2D eigenvalue weighted by Crippen LogP contribution is -2.45. The first-order chi connectivity index (χ1) is 10.9. The Kier molecular flexibility index (Phi) is 6.48. The molecule has 2 N–H and O–H groups in total. The molecule has 0 bridgehead atoms. The van der Waals surface area contributed by atoms with Gasteiger partial charge in [0.15, 0.2) is 6.61 Å². The third-order valence-electron chi connectivity index (χ3n) is 3.09. The fourth-order valence-corrected chi connectivity index (χ4v) is 2.05. The molecule has 8 heteroatoms. The molecule has 0 aromatic heterocycles. The highest BCUT2D eigenvalue weighted by Gasteiger charge is 2.28. The average Bonchev–Trinajstić information content (AvgIpc) is 2.43. The van der Waals surface area contributed by atoms with Gasteiger partial charge in [0, 0.05) is 7.05 Å². The molecule has 1 aromatic carbocycles. The van der Waals surface area contributed by atoms with Crippen LogP contribution in [0.25, 0.3) is 0 Å². The van der Waals surface area contributed by atoms with Crippen LogP contribution in [0, 0.1) is 0 Å². The van der Waals surface area contributed by atoms with Crippen LogP contribution < -0.4 is 10.1 Å². The van der Waals surface area contributed by atoms with Gasteiger partial charge in [0.1, 0.15) is 5.75 Å². The van der Waals surface area contributed by atoms with E-state index in [2.05, 4.69) is 10.1 Å². The Morgan fingerprint density at radius 1 is 1.29 bits per heavy atom. The molecule has 5 nitrogen and oxygen atoms in total. The number of carbonyl (C=O) groups excluding carboxylic acids is 1. The molecule has 1 aromatic rings. The summed E-state index contributed by atoms with van der Waals surface area (Å²) in [7, 11) is 1.56. The smallest absolute Gasteiger partial charge is 0.422 e. The second-order valence-electron chi connectivity index (χ2n) is 6.31. The Hall–Kier alpha value is -1.96. The molecule has 0 radical (unpaired) electrons. The normalized spacial score (nSPS) is 13.3. The number of benzene rings is 1. The molecule has 0 saturated heterocycles. The van der Waals surface area contributed by atoms with Crippen molar-refractivity contribution in [1.82, 2.24) is 10.2 Å². The zero-order valence-electron chi connectivity index (χ0n) is 14.1. The first-order valence-electron chi connectivity index (χ1n) is 7.41. The lowest BCUT2D eigenvalue weighted by molar-refractivity contribution is -0.153. The number of halogens is 3. The van der Waals surface area contributed by atoms with Crippen LogP contribution in [0.3, 0.4) is 0 Å². The number of alkyl halides is 3. The number of aliphatic hydroxyl groups is 1. The molecule has 0 spiro atoms. The number of hydrogen-bond donors (Lipinski definition) is 2. The van der Waals surface area contributed by atoms with Gasteiger partial charge in [-0.1, -0.05) is 12.1 Å². The van der Waals surface area contributed by atoms with Gasteiger partial charge in [0.25, 0.3) is 0 Å². The molecule has 1 rings (SSSR count). The maximum atomic E-state index is 12.1. The van der Waals surface area contributed by atoms with Crippen molar-refractivity contribution in [3.63, 3.8) is 0 Å². The first kappa shape index (κ1) is 20.1. The highest BCUT2D eigenvalue weighted by molar-refractivity contribution is 5.74. The van der Waals surface area contributed by atoms with E-state index in [4.69, 9.17) is 0 Å². The van der Waals surface area contributed by atoms with Crippen molar-refractivity contribution in [2.45, 2.75) is 38.6 Å². The van der Waals surface area contributed by atoms with Crippen LogP contribution >= 0.6 is 0 Å². The van der Waals surface area contributed by atoms with Crippen LogP contribution in [0.4, 0.5) is 18.0 Å². The van der Waals surface area contributed by atoms with E-state index in [1.54, 1.807) is 40.0 Å². The summed E-state index contributed by atoms with van der Waals surface area (Å²) in [5.74, 6) is 0.105. The number of likely N-dealkylation sites (N-methyl/N-ethyl adjacent to an activating group) is 1. The van der Waals surface area contributed by atoms with Crippen LogP contribution in [0.2, 0.25) is 0 Å². The summed E-state index contributed by atoms with van der Waals surface area (Å²) in [6, 6.07) is 5.31. The summed E-state index contributed by atoms with van der Waals surface area (Å²) in [4.78, 5) is 13.4. The second-order valence-corrected chi connectivity index (χ2v) is 6.31. The zero-order valence-corrected chi connectivity index (χ0v) is 14.1. The summed E-state index contributed by atoms with van der Waals surface area (Å²) in [6.45, 7) is 3.76. The fraction of sp³-hybridized carbons (Fsp3) is 0.562. The Morgan fingerprint density at radius 3 is 2.29 bits per heavy atom. The molecular formula is C16H23F3N2O3. The van der Waals surface area contributed by atoms with Crippen LogP contribution in [0.15, 0.2) is 24.3 Å². The Balaban J connectivity index is 2.59. The predicted octanol–water partition coefficient (Wildman–Crippen LogP) is 3.10. The Labute approximate surface area is 139 Å². The van der Waals surface area contributed by atoms with Crippen LogP contribution in [0.5, 0.6) is 5.75 Å². The highest BCUT2D eigenvalue weighted by Crippen LogP contribution is 2.21. The van der Waals surface area contributed by atoms with Gasteiger partial charge in [-0.15, -0.1) is 0 Å². The summed E-state index contributed by atoms with van der Waals surface area (Å²) >= 11 is 0. The van der Waals surface area contributed by atoms with Gasteiger partial charge in [-0.05, 0) is 38.5 Å². The van der Waals surface area contributed by atoms with E-state index >= 15 is 0 Å². The molecule has 0 fully saturated rings. The number of ether oxygens (including phenoxy) is 1.